The molecule has 21 heavy (non-hydrogen) atoms. The smallest absolute Gasteiger partial charge is 0.344 e. The van der Waals surface area contributed by atoms with Crippen LogP contribution in [0.4, 0.5) is 0 Å². The van der Waals surface area contributed by atoms with Crippen LogP contribution >= 0.6 is 0 Å². The Bertz CT molecular complexity index is 540. The monoisotopic (exact) mass is 317 g/mol. The highest BCUT2D eigenvalue weighted by Gasteiger charge is 2.13. The zero-order chi connectivity index (χ0) is 15.7. The van der Waals surface area contributed by atoms with Crippen molar-refractivity contribution in [3.8, 4) is 5.75 Å². The van der Waals surface area contributed by atoms with E-state index < -0.39 is 16.0 Å². The molecule has 0 spiro atoms. The van der Waals surface area contributed by atoms with Crippen LogP contribution in [0.15, 0.2) is 29.2 Å². The summed E-state index contributed by atoms with van der Waals surface area (Å²) in [7, 11) is -2.08. The van der Waals surface area contributed by atoms with Gasteiger partial charge in [-0.2, -0.15) is 0 Å². The molecular weight excluding hydrogens is 298 g/mol. The predicted molar refractivity (Wildman–Crippen MR) is 75.6 cm³/mol. The number of carbonyl (C=O) groups is 1. The lowest BCUT2D eigenvalue weighted by atomic mass is 10.3. The van der Waals surface area contributed by atoms with Gasteiger partial charge in [-0.1, -0.05) is 0 Å². The molecule has 1 rings (SSSR count). The van der Waals surface area contributed by atoms with E-state index in [1.165, 1.54) is 31.4 Å². The molecule has 118 valence electrons. The Morgan fingerprint density at radius 3 is 2.48 bits per heavy atom. The molecule has 8 heteroatoms. The summed E-state index contributed by atoms with van der Waals surface area (Å²) in [4.78, 5) is 11.2. The minimum absolute atomic E-state index is 0.113. The van der Waals surface area contributed by atoms with Gasteiger partial charge < -0.3 is 14.2 Å². The molecule has 7 nitrogen and oxygen atoms in total. The Labute approximate surface area is 124 Å². The van der Waals surface area contributed by atoms with Gasteiger partial charge in [-0.3, -0.25) is 0 Å². The van der Waals surface area contributed by atoms with Crippen molar-refractivity contribution in [1.82, 2.24) is 4.72 Å². The molecule has 1 aromatic rings. The largest absolute Gasteiger partial charge is 0.482 e. The average molecular weight is 317 g/mol. The summed E-state index contributed by atoms with van der Waals surface area (Å²) in [6.07, 6.45) is 0. The second-order valence-electron chi connectivity index (χ2n) is 3.96. The van der Waals surface area contributed by atoms with E-state index in [1.807, 2.05) is 0 Å². The van der Waals surface area contributed by atoms with Crippen molar-refractivity contribution in [1.29, 1.82) is 0 Å². The van der Waals surface area contributed by atoms with E-state index in [1.54, 1.807) is 6.92 Å². The van der Waals surface area contributed by atoms with Crippen LogP contribution in [0.25, 0.3) is 0 Å². The molecule has 0 saturated carbocycles. The van der Waals surface area contributed by atoms with E-state index in [4.69, 9.17) is 14.2 Å². The summed E-state index contributed by atoms with van der Waals surface area (Å²) in [5, 5.41) is 0. The second-order valence-corrected chi connectivity index (χ2v) is 5.72. The highest BCUT2D eigenvalue weighted by molar-refractivity contribution is 7.89. The van der Waals surface area contributed by atoms with E-state index in [9.17, 15) is 13.2 Å². The van der Waals surface area contributed by atoms with E-state index >= 15 is 0 Å². The van der Waals surface area contributed by atoms with Crippen LogP contribution in [-0.2, 0) is 24.3 Å². The van der Waals surface area contributed by atoms with E-state index in [0.717, 1.165) is 0 Å². The Kier molecular flexibility index (Phi) is 7.13. The number of carbonyl (C=O) groups excluding carboxylic acids is 1. The van der Waals surface area contributed by atoms with Gasteiger partial charge in [0.1, 0.15) is 5.75 Å². The maximum Gasteiger partial charge on any atom is 0.344 e. The zero-order valence-corrected chi connectivity index (χ0v) is 12.8. The van der Waals surface area contributed by atoms with Crippen LogP contribution in [0, 0.1) is 0 Å². The number of methoxy groups -OCH3 is 1. The van der Waals surface area contributed by atoms with Crippen molar-refractivity contribution in [3.63, 3.8) is 0 Å². The van der Waals surface area contributed by atoms with Crippen LogP contribution in [0.3, 0.4) is 0 Å². The van der Waals surface area contributed by atoms with Crippen molar-refractivity contribution < 1.29 is 27.4 Å². The van der Waals surface area contributed by atoms with Gasteiger partial charge in [-0.25, -0.2) is 17.9 Å². The maximum atomic E-state index is 11.9. The van der Waals surface area contributed by atoms with Crippen LogP contribution in [0.5, 0.6) is 5.75 Å². The third-order valence-corrected chi connectivity index (χ3v) is 3.87. The minimum Gasteiger partial charge on any atom is -0.482 e. The number of sulfonamides is 1. The fourth-order valence-electron chi connectivity index (χ4n) is 1.42. The highest BCUT2D eigenvalue weighted by atomic mass is 32.2. The van der Waals surface area contributed by atoms with Crippen molar-refractivity contribution in [2.75, 3.05) is 33.5 Å². The van der Waals surface area contributed by atoms with Crippen molar-refractivity contribution in [3.05, 3.63) is 24.3 Å². The highest BCUT2D eigenvalue weighted by Crippen LogP contribution is 2.15. The Morgan fingerprint density at radius 2 is 1.90 bits per heavy atom. The first-order valence-electron chi connectivity index (χ1n) is 6.36. The molecule has 0 saturated heterocycles. The molecule has 0 heterocycles. The molecule has 0 atom stereocenters. The molecule has 0 bridgehead atoms. The van der Waals surface area contributed by atoms with Gasteiger partial charge in [0.05, 0.1) is 18.1 Å². The fourth-order valence-corrected chi connectivity index (χ4v) is 2.43. The summed E-state index contributed by atoms with van der Waals surface area (Å²) >= 11 is 0. The van der Waals surface area contributed by atoms with E-state index in [2.05, 4.69) is 4.72 Å². The van der Waals surface area contributed by atoms with E-state index in [0.29, 0.717) is 12.4 Å². The Balaban J connectivity index is 2.59. The van der Waals surface area contributed by atoms with Gasteiger partial charge in [0.25, 0.3) is 0 Å². The third kappa shape index (κ3) is 6.11. The van der Waals surface area contributed by atoms with Gasteiger partial charge in [-0.05, 0) is 31.2 Å². The Morgan fingerprint density at radius 1 is 1.24 bits per heavy atom. The van der Waals surface area contributed by atoms with Gasteiger partial charge in [0.2, 0.25) is 10.0 Å². The lowest BCUT2D eigenvalue weighted by Gasteiger charge is -2.08. The number of nitrogens with one attached hydrogen (secondary N) is 1. The van der Waals surface area contributed by atoms with Crippen LogP contribution in [0.1, 0.15) is 6.92 Å². The number of esters is 1. The SMILES string of the molecule is CCOC(=O)COc1ccc(S(=O)(=O)NCCOC)cc1. The number of ether oxygens (including phenoxy) is 3. The molecule has 1 N–H and O–H groups in total. The van der Waals surface area contributed by atoms with Crippen molar-refractivity contribution in [2.45, 2.75) is 11.8 Å². The topological polar surface area (TPSA) is 90.9 Å². The Hall–Kier alpha value is -1.64. The molecule has 0 amide bonds. The van der Waals surface area contributed by atoms with Crippen LogP contribution < -0.4 is 9.46 Å². The molecule has 0 radical (unpaired) electrons. The fraction of sp³-hybridized carbons (Fsp3) is 0.462. The van der Waals surface area contributed by atoms with Crippen molar-refractivity contribution in [2.24, 2.45) is 0 Å². The van der Waals surface area contributed by atoms with Crippen LogP contribution in [0.2, 0.25) is 0 Å². The lowest BCUT2D eigenvalue weighted by molar-refractivity contribution is -0.145. The summed E-state index contributed by atoms with van der Waals surface area (Å²) < 4.78 is 40.8. The molecule has 0 aromatic heterocycles. The predicted octanol–water partition coefficient (Wildman–Crippen LogP) is 0.553. The van der Waals surface area contributed by atoms with Crippen molar-refractivity contribution >= 4 is 16.0 Å². The maximum absolute atomic E-state index is 11.9. The van der Waals surface area contributed by atoms with Gasteiger partial charge >= 0.3 is 5.97 Å². The summed E-state index contributed by atoms with van der Waals surface area (Å²) in [5.41, 5.74) is 0. The summed E-state index contributed by atoms with van der Waals surface area (Å²) in [5.74, 6) is -0.0886. The number of hydrogen-bond acceptors (Lipinski definition) is 6. The van der Waals surface area contributed by atoms with E-state index in [-0.39, 0.29) is 24.7 Å². The summed E-state index contributed by atoms with van der Waals surface area (Å²) in [6.45, 7) is 2.26. The first-order chi connectivity index (χ1) is 9.99. The normalized spacial score (nSPS) is 11.1. The quantitative estimate of drug-likeness (QED) is 0.528. The first-order valence-corrected chi connectivity index (χ1v) is 7.85. The van der Waals surface area contributed by atoms with Gasteiger partial charge in [0, 0.05) is 13.7 Å². The van der Waals surface area contributed by atoms with Gasteiger partial charge in [0.15, 0.2) is 6.61 Å². The zero-order valence-electron chi connectivity index (χ0n) is 12.0. The number of rotatable bonds is 9. The van der Waals surface area contributed by atoms with Crippen LogP contribution in [-0.4, -0.2) is 47.9 Å². The number of hydrogen-bond donors (Lipinski definition) is 1. The molecule has 0 fully saturated rings. The first kappa shape index (κ1) is 17.4. The molecule has 0 aliphatic carbocycles. The number of benzene rings is 1. The third-order valence-electron chi connectivity index (χ3n) is 2.39. The molecule has 1 aromatic carbocycles. The lowest BCUT2D eigenvalue weighted by Crippen LogP contribution is -2.27. The van der Waals surface area contributed by atoms with Gasteiger partial charge in [-0.15, -0.1) is 0 Å². The summed E-state index contributed by atoms with van der Waals surface area (Å²) in [6, 6.07) is 5.75. The molecule has 0 aliphatic heterocycles. The molecule has 0 unspecified atom stereocenters. The standard InChI is InChI=1S/C13H19NO6S/c1-3-19-13(15)10-20-11-4-6-12(7-5-11)21(16,17)14-8-9-18-2/h4-7,14H,3,8-10H2,1-2H3. The molecule has 0 aliphatic rings. The second kappa shape index (κ2) is 8.60. The average Bonchev–Trinajstić information content (AvgIpc) is 2.46. The molecular formula is C13H19NO6S. The minimum atomic E-state index is -3.57.